The molecular weight excluding hydrogens is 290 g/mol. The summed E-state index contributed by atoms with van der Waals surface area (Å²) in [5.74, 6) is 5.24. The van der Waals surface area contributed by atoms with E-state index in [9.17, 15) is 8.42 Å². The van der Waals surface area contributed by atoms with E-state index in [1.54, 1.807) is 12.1 Å². The molecule has 114 valence electrons. The Morgan fingerprint density at radius 2 is 2.14 bits per heavy atom. The third kappa shape index (κ3) is 4.29. The molecule has 0 amide bonds. The molecule has 1 aromatic rings. The van der Waals surface area contributed by atoms with Crippen LogP contribution in [0.15, 0.2) is 29.2 Å². The van der Waals surface area contributed by atoms with Crippen LogP contribution in [0.3, 0.4) is 0 Å². The van der Waals surface area contributed by atoms with Crippen molar-refractivity contribution in [3.8, 4) is 11.8 Å². The maximum atomic E-state index is 12.3. The van der Waals surface area contributed by atoms with Gasteiger partial charge in [-0.05, 0) is 44.0 Å². The second-order valence-electron chi connectivity index (χ2n) is 4.95. The summed E-state index contributed by atoms with van der Waals surface area (Å²) in [5, 5.41) is 8.62. The van der Waals surface area contributed by atoms with E-state index in [0.29, 0.717) is 12.2 Å². The number of rotatable bonds is 4. The van der Waals surface area contributed by atoms with Crippen molar-refractivity contribution in [3.63, 3.8) is 0 Å². The van der Waals surface area contributed by atoms with Crippen LogP contribution in [-0.4, -0.2) is 38.9 Å². The fourth-order valence-corrected chi connectivity index (χ4v) is 3.52. The van der Waals surface area contributed by atoms with Crippen LogP contribution in [0.5, 0.6) is 0 Å². The predicted octanol–water partition coefficient (Wildman–Crippen LogP) is 0.876. The molecule has 2 unspecified atom stereocenters. The number of nitrogens with one attached hydrogen (secondary N) is 1. The molecule has 2 atom stereocenters. The maximum Gasteiger partial charge on any atom is 0.240 e. The molecule has 1 fully saturated rings. The Balaban J connectivity index is 2.08. The molecular formula is C15H19NO4S. The van der Waals surface area contributed by atoms with Crippen molar-refractivity contribution in [2.24, 2.45) is 0 Å². The molecule has 0 aliphatic carbocycles. The zero-order valence-corrected chi connectivity index (χ0v) is 12.7. The van der Waals surface area contributed by atoms with Gasteiger partial charge >= 0.3 is 0 Å². The Morgan fingerprint density at radius 3 is 2.71 bits per heavy atom. The Bertz CT molecular complexity index is 622. The van der Waals surface area contributed by atoms with Gasteiger partial charge in [-0.2, -0.15) is 0 Å². The molecule has 6 heteroatoms. The Hall–Kier alpha value is -1.39. The molecule has 0 spiro atoms. The molecule has 1 aliphatic heterocycles. The van der Waals surface area contributed by atoms with Crippen LogP contribution in [0.4, 0.5) is 0 Å². The molecule has 5 nitrogen and oxygen atoms in total. The lowest BCUT2D eigenvalue weighted by Crippen LogP contribution is -2.40. The van der Waals surface area contributed by atoms with Gasteiger partial charge in [0.05, 0.1) is 11.0 Å². The van der Waals surface area contributed by atoms with Crippen molar-refractivity contribution in [1.29, 1.82) is 0 Å². The fraction of sp³-hybridized carbons (Fsp3) is 0.467. The van der Waals surface area contributed by atoms with E-state index in [2.05, 4.69) is 16.6 Å². The molecule has 1 aliphatic rings. The predicted molar refractivity (Wildman–Crippen MR) is 79.2 cm³/mol. The number of hydrogen-bond acceptors (Lipinski definition) is 4. The van der Waals surface area contributed by atoms with Gasteiger partial charge in [0, 0.05) is 18.2 Å². The minimum atomic E-state index is -3.56. The Kier molecular flexibility index (Phi) is 5.37. The minimum Gasteiger partial charge on any atom is -0.384 e. The molecule has 0 radical (unpaired) electrons. The average molecular weight is 309 g/mol. The zero-order valence-electron chi connectivity index (χ0n) is 11.9. The number of aliphatic hydroxyl groups excluding tert-OH is 1. The third-order valence-corrected chi connectivity index (χ3v) is 4.91. The lowest BCUT2D eigenvalue weighted by molar-refractivity contribution is 0.0902. The Labute approximate surface area is 125 Å². The van der Waals surface area contributed by atoms with Crippen molar-refractivity contribution in [2.45, 2.75) is 36.8 Å². The van der Waals surface area contributed by atoms with Gasteiger partial charge in [-0.15, -0.1) is 0 Å². The summed E-state index contributed by atoms with van der Waals surface area (Å²) in [6.45, 7) is 2.28. The zero-order chi connectivity index (χ0) is 15.3. The average Bonchev–Trinajstić information content (AvgIpc) is 2.99. The summed E-state index contributed by atoms with van der Waals surface area (Å²) in [7, 11) is -3.56. The first kappa shape index (κ1) is 16.0. The number of hydrogen-bond donors (Lipinski definition) is 2. The first-order valence-electron chi connectivity index (χ1n) is 6.86. The van der Waals surface area contributed by atoms with Gasteiger partial charge in [0.25, 0.3) is 0 Å². The molecule has 2 N–H and O–H groups in total. The van der Waals surface area contributed by atoms with Crippen molar-refractivity contribution >= 4 is 10.0 Å². The van der Waals surface area contributed by atoms with Gasteiger partial charge in [0.15, 0.2) is 0 Å². The van der Waals surface area contributed by atoms with E-state index >= 15 is 0 Å². The minimum absolute atomic E-state index is 0.0607. The van der Waals surface area contributed by atoms with E-state index in [0.717, 1.165) is 12.8 Å². The summed E-state index contributed by atoms with van der Waals surface area (Å²) in [4.78, 5) is 0.196. The van der Waals surface area contributed by atoms with Gasteiger partial charge in [-0.3, -0.25) is 0 Å². The molecule has 21 heavy (non-hydrogen) atoms. The molecule has 2 rings (SSSR count). The lowest BCUT2D eigenvalue weighted by atomic mass is 10.1. The highest BCUT2D eigenvalue weighted by Crippen LogP contribution is 2.18. The molecule has 1 saturated heterocycles. The summed E-state index contributed by atoms with van der Waals surface area (Å²) < 4.78 is 32.7. The second-order valence-corrected chi connectivity index (χ2v) is 6.66. The van der Waals surface area contributed by atoms with Crippen molar-refractivity contribution in [2.75, 3.05) is 13.2 Å². The topological polar surface area (TPSA) is 75.6 Å². The van der Waals surface area contributed by atoms with Crippen LogP contribution in [-0.2, 0) is 14.8 Å². The summed E-state index contributed by atoms with van der Waals surface area (Å²) in [5.41, 5.74) is 0.662. The highest BCUT2D eigenvalue weighted by molar-refractivity contribution is 7.89. The largest absolute Gasteiger partial charge is 0.384 e. The van der Waals surface area contributed by atoms with Crippen LogP contribution in [0, 0.1) is 11.8 Å². The number of benzene rings is 1. The van der Waals surface area contributed by atoms with E-state index in [4.69, 9.17) is 9.84 Å². The van der Waals surface area contributed by atoms with Crippen LogP contribution >= 0.6 is 0 Å². The molecule has 0 aromatic heterocycles. The van der Waals surface area contributed by atoms with E-state index in [1.165, 1.54) is 12.1 Å². The maximum absolute atomic E-state index is 12.3. The fourth-order valence-electron chi connectivity index (χ4n) is 2.24. The van der Waals surface area contributed by atoms with Crippen LogP contribution in [0.25, 0.3) is 0 Å². The normalized spacial score (nSPS) is 19.8. The third-order valence-electron chi connectivity index (χ3n) is 3.34. The molecule has 1 aromatic carbocycles. The monoisotopic (exact) mass is 309 g/mol. The summed E-state index contributed by atoms with van der Waals surface area (Å²) >= 11 is 0. The summed E-state index contributed by atoms with van der Waals surface area (Å²) in [6.07, 6.45) is 1.78. The van der Waals surface area contributed by atoms with Crippen LogP contribution < -0.4 is 4.72 Å². The number of sulfonamides is 1. The first-order chi connectivity index (χ1) is 10.0. The van der Waals surface area contributed by atoms with E-state index < -0.39 is 10.0 Å². The van der Waals surface area contributed by atoms with Gasteiger partial charge < -0.3 is 9.84 Å². The standard InChI is InChI=1S/C15H19NO4S/c1-12(15-5-3-11-20-15)16-21(18,19)14-8-6-13(7-9-14)4-2-10-17/h6-9,12,15-17H,3,5,10-11H2,1H3. The number of aliphatic hydroxyl groups is 1. The second kappa shape index (κ2) is 7.05. The highest BCUT2D eigenvalue weighted by Gasteiger charge is 2.26. The molecule has 0 saturated carbocycles. The van der Waals surface area contributed by atoms with Gasteiger partial charge in [0.1, 0.15) is 6.61 Å². The SMILES string of the molecule is CC(NS(=O)(=O)c1ccc(C#CCO)cc1)C1CCCO1. The van der Waals surface area contributed by atoms with Gasteiger partial charge in [0.2, 0.25) is 10.0 Å². The Morgan fingerprint density at radius 1 is 1.43 bits per heavy atom. The van der Waals surface area contributed by atoms with Crippen molar-refractivity contribution in [3.05, 3.63) is 29.8 Å². The van der Waals surface area contributed by atoms with Crippen molar-refractivity contribution in [1.82, 2.24) is 4.72 Å². The number of ether oxygens (including phenoxy) is 1. The summed E-state index contributed by atoms with van der Waals surface area (Å²) in [6, 6.07) is 5.99. The van der Waals surface area contributed by atoms with Crippen molar-refractivity contribution < 1.29 is 18.3 Å². The van der Waals surface area contributed by atoms with Gasteiger partial charge in [-0.1, -0.05) is 11.8 Å². The smallest absolute Gasteiger partial charge is 0.240 e. The van der Waals surface area contributed by atoms with Gasteiger partial charge in [-0.25, -0.2) is 13.1 Å². The van der Waals surface area contributed by atoms with Crippen LogP contribution in [0.1, 0.15) is 25.3 Å². The van der Waals surface area contributed by atoms with E-state index in [1.807, 2.05) is 6.92 Å². The quantitative estimate of drug-likeness (QED) is 0.810. The lowest BCUT2D eigenvalue weighted by Gasteiger charge is -2.19. The first-order valence-corrected chi connectivity index (χ1v) is 8.35. The van der Waals surface area contributed by atoms with E-state index in [-0.39, 0.29) is 23.6 Å². The van der Waals surface area contributed by atoms with Crippen LogP contribution in [0.2, 0.25) is 0 Å². The highest BCUT2D eigenvalue weighted by atomic mass is 32.2. The molecule has 0 bridgehead atoms. The molecule has 1 heterocycles.